The summed E-state index contributed by atoms with van der Waals surface area (Å²) < 4.78 is 5.19. The second-order valence-electron chi connectivity index (χ2n) is 3.93. The molecule has 1 aromatic rings. The Labute approximate surface area is 140 Å². The first-order valence-electron chi connectivity index (χ1n) is 5.78. The minimum Gasteiger partial charge on any atom is -0.550 e. The van der Waals surface area contributed by atoms with Crippen molar-refractivity contribution in [3.63, 3.8) is 0 Å². The predicted octanol–water partition coefficient (Wildman–Crippen LogP) is 0.0772. The van der Waals surface area contributed by atoms with Gasteiger partial charge in [0.15, 0.2) is 0 Å². The molecule has 9 heteroatoms. The lowest BCUT2D eigenvalue weighted by atomic mass is 10.2. The molecule has 0 unspecified atom stereocenters. The van der Waals surface area contributed by atoms with Crippen LogP contribution in [0.4, 0.5) is 0 Å². The smallest absolute Gasteiger partial charge is 0.346 e. The molecule has 0 aliphatic carbocycles. The van der Waals surface area contributed by atoms with Crippen LogP contribution >= 0.6 is 35.0 Å². The number of rotatable bonds is 2. The molecule has 0 spiro atoms. The maximum Gasteiger partial charge on any atom is 0.346 e. The van der Waals surface area contributed by atoms with Gasteiger partial charge in [-0.05, 0) is 25.1 Å². The van der Waals surface area contributed by atoms with Crippen molar-refractivity contribution >= 4 is 58.1 Å². The molecule has 0 bridgehead atoms. The van der Waals surface area contributed by atoms with Crippen molar-refractivity contribution in [3.8, 4) is 5.75 Å². The molecule has 0 atom stereocenters. The van der Waals surface area contributed by atoms with Gasteiger partial charge < -0.3 is 14.6 Å². The average molecular weight is 363 g/mol. The van der Waals surface area contributed by atoms with Crippen LogP contribution in [0.3, 0.4) is 0 Å². The van der Waals surface area contributed by atoms with E-state index in [0.717, 1.165) is 18.7 Å². The lowest BCUT2D eigenvalue weighted by Crippen LogP contribution is -2.44. The van der Waals surface area contributed by atoms with Crippen LogP contribution in [0, 0.1) is 0 Å². The Hall–Kier alpha value is -1.70. The van der Waals surface area contributed by atoms with E-state index in [-0.39, 0.29) is 5.91 Å². The van der Waals surface area contributed by atoms with Gasteiger partial charge >= 0.3 is 11.1 Å². The van der Waals surface area contributed by atoms with E-state index >= 15 is 0 Å². The molecule has 1 aliphatic rings. The van der Waals surface area contributed by atoms with Crippen molar-refractivity contribution in [1.29, 1.82) is 0 Å². The van der Waals surface area contributed by atoms with E-state index in [1.165, 1.54) is 7.11 Å². The summed E-state index contributed by atoms with van der Waals surface area (Å²) in [7, 11) is 1.50. The van der Waals surface area contributed by atoms with Crippen LogP contribution in [0.2, 0.25) is 10.0 Å². The minimum atomic E-state index is -1.08. The third kappa shape index (κ3) is 5.25. The van der Waals surface area contributed by atoms with Gasteiger partial charge in [0.25, 0.3) is 0 Å². The Morgan fingerprint density at radius 3 is 2.50 bits per heavy atom. The first-order chi connectivity index (χ1) is 10.2. The van der Waals surface area contributed by atoms with Gasteiger partial charge in [-0.3, -0.25) is 5.41 Å². The number of carboxylic acids is 1. The van der Waals surface area contributed by atoms with Gasteiger partial charge in [0.2, 0.25) is 0 Å². The number of benzene rings is 1. The van der Waals surface area contributed by atoms with Crippen LogP contribution in [0.1, 0.15) is 12.5 Å². The fraction of sp³-hybridized carbons (Fsp3) is 0.154. The van der Waals surface area contributed by atoms with Gasteiger partial charge in [0.05, 0.1) is 12.1 Å². The highest BCUT2D eigenvalue weighted by molar-refractivity contribution is 8.18. The van der Waals surface area contributed by atoms with Crippen LogP contribution in [0.5, 0.6) is 5.75 Å². The molecule has 1 heterocycles. The summed E-state index contributed by atoms with van der Waals surface area (Å²) in [5, 5.41) is 18.1. The van der Waals surface area contributed by atoms with Gasteiger partial charge in [0, 0.05) is 28.3 Å². The van der Waals surface area contributed by atoms with E-state index in [9.17, 15) is 4.79 Å². The summed E-state index contributed by atoms with van der Waals surface area (Å²) in [6.45, 7) is 0.972. The van der Waals surface area contributed by atoms with Crippen LogP contribution in [-0.2, 0) is 9.59 Å². The van der Waals surface area contributed by atoms with Crippen LogP contribution in [-0.4, -0.2) is 24.2 Å². The van der Waals surface area contributed by atoms with Crippen molar-refractivity contribution in [1.82, 2.24) is 5.32 Å². The standard InChI is InChI=1S/C11H8Cl2N2O2S.C2H4O2/c1-17-9-5(2-6(12)4-7(9)13)3-8-10(16)15-11(14)18-8;1-2(3)4/h2-4H,1H3,(H2,14,15,16);1H3,(H,3,4). The number of amidine groups is 1. The molecule has 1 fully saturated rings. The van der Waals surface area contributed by atoms with Gasteiger partial charge in [-0.2, -0.15) is 5.32 Å². The number of aliphatic carboxylic acids is 1. The lowest BCUT2D eigenvalue weighted by molar-refractivity contribution is -0.302. The number of amides is 1. The van der Waals surface area contributed by atoms with Crippen molar-refractivity contribution in [3.05, 3.63) is 32.6 Å². The normalized spacial score (nSPS) is 15.2. The Balaban J connectivity index is 0.000000541. The molecule has 118 valence electrons. The Morgan fingerprint density at radius 2 is 2.05 bits per heavy atom. The largest absolute Gasteiger partial charge is 0.550 e. The highest BCUT2D eigenvalue weighted by atomic mass is 35.5. The first-order valence-corrected chi connectivity index (χ1v) is 7.35. The number of carboxylic acid groups (broad SMARTS) is 1. The summed E-state index contributed by atoms with van der Waals surface area (Å²) in [5.41, 5.74) is 0.627. The Kier molecular flexibility index (Phi) is 6.73. The summed E-state index contributed by atoms with van der Waals surface area (Å²) in [6, 6.07) is 3.24. The summed E-state index contributed by atoms with van der Waals surface area (Å²) in [4.78, 5) is 20.9. The SMILES string of the molecule is CC(=O)[O-].COc1c(Cl)cc(Cl)cc1C=C1SC(=[NH2+])NC1=O. The van der Waals surface area contributed by atoms with E-state index < -0.39 is 5.97 Å². The highest BCUT2D eigenvalue weighted by Crippen LogP contribution is 2.35. The number of carbonyl (C=O) groups excluding carboxylic acids is 2. The highest BCUT2D eigenvalue weighted by Gasteiger charge is 2.29. The Bertz CT molecular complexity index is 658. The zero-order valence-corrected chi connectivity index (χ0v) is 13.9. The number of thioether (sulfide) groups is 1. The van der Waals surface area contributed by atoms with E-state index in [1.807, 2.05) is 0 Å². The second kappa shape index (κ2) is 8.07. The van der Waals surface area contributed by atoms with Crippen molar-refractivity contribution in [2.24, 2.45) is 0 Å². The van der Waals surface area contributed by atoms with Crippen molar-refractivity contribution in [2.75, 3.05) is 7.11 Å². The fourth-order valence-corrected chi connectivity index (χ4v) is 2.80. The number of nitrogens with one attached hydrogen (secondary N) is 1. The number of hydrogen-bond donors (Lipinski definition) is 2. The van der Waals surface area contributed by atoms with Crippen LogP contribution < -0.4 is 20.6 Å². The maximum atomic E-state index is 11.6. The van der Waals surface area contributed by atoms with E-state index in [1.54, 1.807) is 18.2 Å². The molecular formula is C13H12Cl2N2O4S. The monoisotopic (exact) mass is 362 g/mol. The van der Waals surface area contributed by atoms with Gasteiger partial charge in [-0.25, -0.2) is 4.79 Å². The zero-order chi connectivity index (χ0) is 16.9. The molecule has 1 aliphatic heterocycles. The third-order valence-electron chi connectivity index (χ3n) is 2.21. The quantitative estimate of drug-likeness (QED) is 0.724. The lowest BCUT2D eigenvalue weighted by Gasteiger charge is -2.07. The topological polar surface area (TPSA) is 104 Å². The number of hydrogen-bond acceptors (Lipinski definition) is 5. The van der Waals surface area contributed by atoms with E-state index in [2.05, 4.69) is 5.32 Å². The molecule has 22 heavy (non-hydrogen) atoms. The molecule has 2 rings (SSSR count). The predicted molar refractivity (Wildman–Crippen MR) is 84.3 cm³/mol. The molecule has 1 amide bonds. The fourth-order valence-electron chi connectivity index (χ4n) is 1.50. The van der Waals surface area contributed by atoms with E-state index in [4.69, 9.17) is 43.2 Å². The van der Waals surface area contributed by atoms with Gasteiger partial charge in [-0.15, -0.1) is 0 Å². The number of ether oxygens (including phenoxy) is 1. The first kappa shape index (κ1) is 18.3. The van der Waals surface area contributed by atoms with Crippen LogP contribution in [0.15, 0.2) is 17.0 Å². The molecule has 6 nitrogen and oxygen atoms in total. The average Bonchev–Trinajstić information content (AvgIpc) is 2.66. The second-order valence-corrected chi connectivity index (χ2v) is 5.86. The third-order valence-corrected chi connectivity index (χ3v) is 3.55. The number of halogens is 2. The zero-order valence-electron chi connectivity index (χ0n) is 11.6. The summed E-state index contributed by atoms with van der Waals surface area (Å²) in [6.07, 6.45) is 1.64. The molecular weight excluding hydrogens is 351 g/mol. The van der Waals surface area contributed by atoms with E-state index in [0.29, 0.717) is 31.4 Å². The van der Waals surface area contributed by atoms with Gasteiger partial charge in [0.1, 0.15) is 10.7 Å². The number of nitrogens with two attached hydrogens (primary N) is 1. The molecule has 3 N–H and O–H groups in total. The van der Waals surface area contributed by atoms with Crippen molar-refractivity contribution in [2.45, 2.75) is 6.92 Å². The minimum absolute atomic E-state index is 0.254. The number of carbonyl (C=O) groups is 2. The molecule has 1 aromatic carbocycles. The van der Waals surface area contributed by atoms with Gasteiger partial charge in [-0.1, -0.05) is 23.2 Å². The van der Waals surface area contributed by atoms with Crippen LogP contribution in [0.25, 0.3) is 6.08 Å². The summed E-state index contributed by atoms with van der Waals surface area (Å²) >= 11 is 13.1. The molecule has 0 saturated carbocycles. The maximum absolute atomic E-state index is 11.6. The summed E-state index contributed by atoms with van der Waals surface area (Å²) in [5.74, 6) is -0.872. The molecule has 0 aromatic heterocycles. The number of methoxy groups -OCH3 is 1. The molecule has 1 saturated heterocycles. The Morgan fingerprint density at radius 1 is 1.45 bits per heavy atom. The molecule has 0 radical (unpaired) electrons. The van der Waals surface area contributed by atoms with Crippen molar-refractivity contribution < 1.29 is 24.8 Å².